The van der Waals surface area contributed by atoms with Gasteiger partial charge in [-0.2, -0.15) is 0 Å². The molecule has 0 saturated carbocycles. The molecule has 0 fully saturated rings. The summed E-state index contributed by atoms with van der Waals surface area (Å²) in [5, 5.41) is 3.22. The molecular formula is C14H18FNO2. The molecule has 0 atom stereocenters. The Morgan fingerprint density at radius 3 is 2.83 bits per heavy atom. The first-order valence-corrected chi connectivity index (χ1v) is 5.69. The van der Waals surface area contributed by atoms with Gasteiger partial charge in [0.15, 0.2) is 0 Å². The van der Waals surface area contributed by atoms with E-state index in [0.717, 1.165) is 5.56 Å². The summed E-state index contributed by atoms with van der Waals surface area (Å²) in [5.41, 5.74) is 0.482. The lowest BCUT2D eigenvalue weighted by molar-refractivity contribution is -0.134. The van der Waals surface area contributed by atoms with Crippen molar-refractivity contribution >= 4 is 5.97 Å². The first-order valence-electron chi connectivity index (χ1n) is 5.69. The summed E-state index contributed by atoms with van der Waals surface area (Å²) in [6.07, 6.45) is 3.09. The maximum absolute atomic E-state index is 13.0. The molecule has 0 unspecified atom stereocenters. The van der Waals surface area contributed by atoms with Crippen LogP contribution in [0.2, 0.25) is 0 Å². The van der Waals surface area contributed by atoms with Crippen LogP contribution in [0.4, 0.5) is 4.39 Å². The second kappa shape index (κ2) is 6.31. The lowest BCUT2D eigenvalue weighted by Crippen LogP contribution is -2.36. The number of methoxy groups -OCH3 is 1. The highest BCUT2D eigenvalue weighted by Crippen LogP contribution is 2.08. The van der Waals surface area contributed by atoms with Crippen LogP contribution in [0.3, 0.4) is 0 Å². The largest absolute Gasteiger partial charge is 0.466 e. The SMILES string of the molecule is COC(=O)/C=C/C(C)(C)NCc1cccc(F)c1. The molecule has 0 aliphatic heterocycles. The first kappa shape index (κ1) is 14.4. The molecule has 1 N–H and O–H groups in total. The van der Waals surface area contributed by atoms with Crippen LogP contribution >= 0.6 is 0 Å². The van der Waals surface area contributed by atoms with E-state index in [0.29, 0.717) is 6.54 Å². The number of carbonyl (C=O) groups is 1. The molecule has 98 valence electrons. The minimum Gasteiger partial charge on any atom is -0.466 e. The van der Waals surface area contributed by atoms with Crippen LogP contribution in [0.1, 0.15) is 19.4 Å². The van der Waals surface area contributed by atoms with Crippen molar-refractivity contribution in [1.82, 2.24) is 5.32 Å². The van der Waals surface area contributed by atoms with Gasteiger partial charge in [-0.3, -0.25) is 0 Å². The van der Waals surface area contributed by atoms with E-state index >= 15 is 0 Å². The predicted octanol–water partition coefficient (Wildman–Crippen LogP) is 2.42. The standard InChI is InChI=1S/C14H18FNO2/c1-14(2,8-7-13(17)18-3)16-10-11-5-4-6-12(15)9-11/h4-9,16H,10H2,1-3H3/b8-7+. The third-order valence-electron chi connectivity index (χ3n) is 2.47. The molecule has 3 nitrogen and oxygen atoms in total. The molecule has 0 heterocycles. The maximum atomic E-state index is 13.0. The highest BCUT2D eigenvalue weighted by Gasteiger charge is 2.13. The molecule has 0 aliphatic carbocycles. The van der Waals surface area contributed by atoms with Crippen LogP contribution in [0, 0.1) is 5.82 Å². The van der Waals surface area contributed by atoms with Crippen LogP contribution < -0.4 is 5.32 Å². The number of nitrogens with one attached hydrogen (secondary N) is 1. The molecule has 0 aliphatic rings. The second-order valence-electron chi connectivity index (χ2n) is 4.56. The zero-order chi connectivity index (χ0) is 13.6. The maximum Gasteiger partial charge on any atom is 0.330 e. The first-order chi connectivity index (χ1) is 8.43. The quantitative estimate of drug-likeness (QED) is 0.645. The summed E-state index contributed by atoms with van der Waals surface area (Å²) in [6, 6.07) is 6.40. The van der Waals surface area contributed by atoms with E-state index in [2.05, 4.69) is 10.1 Å². The van der Waals surface area contributed by atoms with Crippen molar-refractivity contribution in [2.24, 2.45) is 0 Å². The normalized spacial score (nSPS) is 11.8. The van der Waals surface area contributed by atoms with Crippen molar-refractivity contribution < 1.29 is 13.9 Å². The molecule has 0 amide bonds. The monoisotopic (exact) mass is 251 g/mol. The Bertz CT molecular complexity index is 441. The van der Waals surface area contributed by atoms with Gasteiger partial charge in [0.1, 0.15) is 5.82 Å². The number of hydrogen-bond acceptors (Lipinski definition) is 3. The number of carbonyl (C=O) groups excluding carboxylic acids is 1. The van der Waals surface area contributed by atoms with E-state index in [1.807, 2.05) is 19.9 Å². The zero-order valence-corrected chi connectivity index (χ0v) is 10.9. The Balaban J connectivity index is 2.56. The van der Waals surface area contributed by atoms with E-state index in [9.17, 15) is 9.18 Å². The van der Waals surface area contributed by atoms with Crippen molar-refractivity contribution in [3.8, 4) is 0 Å². The zero-order valence-electron chi connectivity index (χ0n) is 10.9. The van der Waals surface area contributed by atoms with Crippen molar-refractivity contribution in [3.05, 3.63) is 47.8 Å². The third kappa shape index (κ3) is 5.10. The topological polar surface area (TPSA) is 38.3 Å². The Morgan fingerprint density at radius 1 is 1.50 bits per heavy atom. The van der Waals surface area contributed by atoms with Gasteiger partial charge in [-0.25, -0.2) is 9.18 Å². The van der Waals surface area contributed by atoms with Gasteiger partial charge < -0.3 is 10.1 Å². The molecule has 1 aromatic carbocycles. The number of halogens is 1. The Hall–Kier alpha value is -1.68. The summed E-state index contributed by atoms with van der Waals surface area (Å²) >= 11 is 0. The summed E-state index contributed by atoms with van der Waals surface area (Å²) in [7, 11) is 1.33. The highest BCUT2D eigenvalue weighted by molar-refractivity contribution is 5.81. The van der Waals surface area contributed by atoms with Crippen LogP contribution in [-0.4, -0.2) is 18.6 Å². The Labute approximate surface area is 107 Å². The molecule has 1 aromatic rings. The summed E-state index contributed by atoms with van der Waals surface area (Å²) < 4.78 is 17.5. The van der Waals surface area contributed by atoms with Gasteiger partial charge >= 0.3 is 5.97 Å². The fourth-order valence-electron chi connectivity index (χ4n) is 1.38. The number of hydrogen-bond donors (Lipinski definition) is 1. The van der Waals surface area contributed by atoms with Gasteiger partial charge in [0.25, 0.3) is 0 Å². The van der Waals surface area contributed by atoms with Crippen LogP contribution in [0.15, 0.2) is 36.4 Å². The van der Waals surface area contributed by atoms with Gasteiger partial charge in [-0.15, -0.1) is 0 Å². The molecule has 0 bridgehead atoms. The Kier molecular flexibility index (Phi) is 5.04. The number of rotatable bonds is 5. The molecular weight excluding hydrogens is 233 g/mol. The third-order valence-corrected chi connectivity index (χ3v) is 2.47. The number of ether oxygens (including phenoxy) is 1. The molecule has 0 radical (unpaired) electrons. The number of esters is 1. The smallest absolute Gasteiger partial charge is 0.330 e. The summed E-state index contributed by atoms with van der Waals surface area (Å²) in [5.74, 6) is -0.646. The van der Waals surface area contributed by atoms with Gasteiger partial charge in [0.2, 0.25) is 0 Å². The van der Waals surface area contributed by atoms with Crippen LogP contribution in [0.25, 0.3) is 0 Å². The molecule has 0 spiro atoms. The van der Waals surface area contributed by atoms with Crippen molar-refractivity contribution in [2.45, 2.75) is 25.9 Å². The second-order valence-corrected chi connectivity index (χ2v) is 4.56. The van der Waals surface area contributed by atoms with Gasteiger partial charge in [-0.05, 0) is 31.5 Å². The Morgan fingerprint density at radius 2 is 2.22 bits per heavy atom. The van der Waals surface area contributed by atoms with Gasteiger partial charge in [0, 0.05) is 18.2 Å². The van der Waals surface area contributed by atoms with Crippen molar-refractivity contribution in [3.63, 3.8) is 0 Å². The molecule has 0 saturated heterocycles. The van der Waals surface area contributed by atoms with Crippen LogP contribution in [0.5, 0.6) is 0 Å². The fraction of sp³-hybridized carbons (Fsp3) is 0.357. The average molecular weight is 251 g/mol. The minimum absolute atomic E-state index is 0.253. The van der Waals surface area contributed by atoms with E-state index < -0.39 is 5.97 Å². The predicted molar refractivity (Wildman–Crippen MR) is 68.5 cm³/mol. The van der Waals surface area contributed by atoms with Gasteiger partial charge in [-0.1, -0.05) is 18.2 Å². The highest BCUT2D eigenvalue weighted by atomic mass is 19.1. The summed E-state index contributed by atoms with van der Waals surface area (Å²) in [4.78, 5) is 11.0. The van der Waals surface area contributed by atoms with E-state index in [1.165, 1.54) is 25.3 Å². The molecule has 4 heteroatoms. The van der Waals surface area contributed by atoms with Crippen molar-refractivity contribution in [1.29, 1.82) is 0 Å². The summed E-state index contributed by atoms with van der Waals surface area (Å²) in [6.45, 7) is 4.37. The van der Waals surface area contributed by atoms with E-state index in [-0.39, 0.29) is 11.4 Å². The average Bonchev–Trinajstić information content (AvgIpc) is 2.34. The van der Waals surface area contributed by atoms with Gasteiger partial charge in [0.05, 0.1) is 7.11 Å². The van der Waals surface area contributed by atoms with Crippen LogP contribution in [-0.2, 0) is 16.1 Å². The van der Waals surface area contributed by atoms with E-state index in [4.69, 9.17) is 0 Å². The van der Waals surface area contributed by atoms with E-state index in [1.54, 1.807) is 12.1 Å². The molecule has 18 heavy (non-hydrogen) atoms. The molecule has 1 rings (SSSR count). The molecule has 0 aromatic heterocycles. The fourth-order valence-corrected chi connectivity index (χ4v) is 1.38. The lowest BCUT2D eigenvalue weighted by atomic mass is 10.0. The minimum atomic E-state index is -0.393. The lowest BCUT2D eigenvalue weighted by Gasteiger charge is -2.22. The van der Waals surface area contributed by atoms with Crippen molar-refractivity contribution in [2.75, 3.05) is 7.11 Å². The number of benzene rings is 1.